The summed E-state index contributed by atoms with van der Waals surface area (Å²) in [5.74, 6) is -0.510. The smallest absolute Gasteiger partial charge is 0.339 e. The van der Waals surface area contributed by atoms with E-state index in [1.54, 1.807) is 12.1 Å². The lowest BCUT2D eigenvalue weighted by molar-refractivity contribution is 0.0694. The van der Waals surface area contributed by atoms with Crippen molar-refractivity contribution in [1.82, 2.24) is 9.97 Å². The number of carboxylic acids is 1. The molecule has 1 aromatic heterocycles. The zero-order valence-electron chi connectivity index (χ0n) is 10.7. The summed E-state index contributed by atoms with van der Waals surface area (Å²) in [4.78, 5) is 19.5. The van der Waals surface area contributed by atoms with E-state index >= 15 is 0 Å². The maximum Gasteiger partial charge on any atom is 0.339 e. The number of rotatable bonds is 3. The maximum absolute atomic E-state index is 11.3. The number of para-hydroxylation sites is 1. The van der Waals surface area contributed by atoms with Crippen LogP contribution in [-0.2, 0) is 0 Å². The molecule has 1 N–H and O–H groups in total. The van der Waals surface area contributed by atoms with Crippen molar-refractivity contribution in [2.75, 3.05) is 0 Å². The molecule has 5 nitrogen and oxygen atoms in total. The van der Waals surface area contributed by atoms with Gasteiger partial charge in [-0.1, -0.05) is 28.1 Å². The van der Waals surface area contributed by atoms with Crippen molar-refractivity contribution in [2.24, 2.45) is 0 Å². The van der Waals surface area contributed by atoms with Crippen LogP contribution in [0.5, 0.6) is 11.6 Å². The molecule has 0 aliphatic rings. The fourth-order valence-electron chi connectivity index (χ4n) is 1.92. The van der Waals surface area contributed by atoms with Crippen LogP contribution >= 0.6 is 15.9 Å². The Balaban J connectivity index is 2.09. The zero-order valence-corrected chi connectivity index (χ0v) is 12.2. The number of aromatic nitrogens is 2. The predicted molar refractivity (Wildman–Crippen MR) is 80.7 cm³/mol. The largest absolute Gasteiger partial charge is 0.478 e. The standard InChI is InChI=1S/C15H9BrN2O3/c16-9-5-6-13(11(7-9)15(19)20)21-14-10-3-1-2-4-12(10)17-8-18-14/h1-8H,(H,19,20). The quantitative estimate of drug-likeness (QED) is 0.780. The van der Waals surface area contributed by atoms with E-state index in [4.69, 9.17) is 4.74 Å². The van der Waals surface area contributed by atoms with Crippen molar-refractivity contribution in [3.63, 3.8) is 0 Å². The summed E-state index contributed by atoms with van der Waals surface area (Å²) in [6.45, 7) is 0. The first kappa shape index (κ1) is 13.5. The number of carboxylic acid groups (broad SMARTS) is 1. The molecule has 6 heteroatoms. The molecule has 0 bridgehead atoms. The summed E-state index contributed by atoms with van der Waals surface area (Å²) in [6, 6.07) is 12.2. The van der Waals surface area contributed by atoms with E-state index in [0.29, 0.717) is 10.4 Å². The highest BCUT2D eigenvalue weighted by atomic mass is 79.9. The minimum atomic E-state index is -1.07. The second kappa shape index (κ2) is 5.49. The van der Waals surface area contributed by atoms with Gasteiger partial charge in [0, 0.05) is 4.47 Å². The van der Waals surface area contributed by atoms with Crippen LogP contribution in [0.4, 0.5) is 0 Å². The van der Waals surface area contributed by atoms with E-state index in [2.05, 4.69) is 25.9 Å². The lowest BCUT2D eigenvalue weighted by Gasteiger charge is -2.09. The topological polar surface area (TPSA) is 72.3 Å². The van der Waals surface area contributed by atoms with Crippen LogP contribution in [0.15, 0.2) is 53.3 Å². The molecular weight excluding hydrogens is 336 g/mol. The van der Waals surface area contributed by atoms with Crippen LogP contribution in [0, 0.1) is 0 Å². The Morgan fingerprint density at radius 3 is 2.76 bits per heavy atom. The summed E-state index contributed by atoms with van der Waals surface area (Å²) in [5, 5.41) is 9.97. The van der Waals surface area contributed by atoms with Crippen molar-refractivity contribution in [1.29, 1.82) is 0 Å². The summed E-state index contributed by atoms with van der Waals surface area (Å²) in [7, 11) is 0. The van der Waals surface area contributed by atoms with E-state index in [1.165, 1.54) is 12.4 Å². The summed E-state index contributed by atoms with van der Waals surface area (Å²) < 4.78 is 6.35. The first-order chi connectivity index (χ1) is 10.1. The van der Waals surface area contributed by atoms with Gasteiger partial charge in [0.2, 0.25) is 5.88 Å². The van der Waals surface area contributed by atoms with Gasteiger partial charge in [-0.3, -0.25) is 0 Å². The van der Waals surface area contributed by atoms with Crippen LogP contribution < -0.4 is 4.74 Å². The molecule has 0 unspecified atom stereocenters. The third-order valence-electron chi connectivity index (χ3n) is 2.88. The number of nitrogens with zero attached hydrogens (tertiary/aromatic N) is 2. The van der Waals surface area contributed by atoms with E-state index in [1.807, 2.05) is 24.3 Å². The molecule has 3 aromatic rings. The SMILES string of the molecule is O=C(O)c1cc(Br)ccc1Oc1ncnc2ccccc12. The molecule has 0 radical (unpaired) electrons. The second-order valence-corrected chi connectivity index (χ2v) is 5.16. The number of benzene rings is 2. The fraction of sp³-hybridized carbons (Fsp3) is 0. The van der Waals surface area contributed by atoms with Crippen LogP contribution in [0.2, 0.25) is 0 Å². The minimum absolute atomic E-state index is 0.0621. The van der Waals surface area contributed by atoms with Gasteiger partial charge in [0.25, 0.3) is 0 Å². The van der Waals surface area contributed by atoms with Crippen LogP contribution in [0.3, 0.4) is 0 Å². The first-order valence-corrected chi connectivity index (χ1v) is 6.85. The predicted octanol–water partition coefficient (Wildman–Crippen LogP) is 3.88. The monoisotopic (exact) mass is 344 g/mol. The third-order valence-corrected chi connectivity index (χ3v) is 3.38. The number of fused-ring (bicyclic) bond motifs is 1. The molecule has 0 aliphatic carbocycles. The van der Waals surface area contributed by atoms with Crippen molar-refractivity contribution in [3.8, 4) is 11.6 Å². The zero-order chi connectivity index (χ0) is 14.8. The van der Waals surface area contributed by atoms with Crippen LogP contribution in [0.1, 0.15) is 10.4 Å². The van der Waals surface area contributed by atoms with Gasteiger partial charge in [0.05, 0.1) is 10.9 Å². The number of hydrogen-bond donors (Lipinski definition) is 1. The highest BCUT2D eigenvalue weighted by molar-refractivity contribution is 9.10. The summed E-state index contributed by atoms with van der Waals surface area (Å²) in [5.41, 5.74) is 0.795. The average molecular weight is 345 g/mol. The lowest BCUT2D eigenvalue weighted by Crippen LogP contribution is -2.01. The fourth-order valence-corrected chi connectivity index (χ4v) is 2.29. The highest BCUT2D eigenvalue weighted by Gasteiger charge is 2.14. The Labute approximate surface area is 128 Å². The van der Waals surface area contributed by atoms with Crippen molar-refractivity contribution in [2.45, 2.75) is 0 Å². The lowest BCUT2D eigenvalue weighted by atomic mass is 10.2. The summed E-state index contributed by atoms with van der Waals surface area (Å²) >= 11 is 3.25. The number of carbonyl (C=O) groups is 1. The average Bonchev–Trinajstić information content (AvgIpc) is 2.49. The summed E-state index contributed by atoms with van der Waals surface area (Å²) in [6.07, 6.45) is 1.39. The second-order valence-electron chi connectivity index (χ2n) is 4.24. The normalized spacial score (nSPS) is 10.5. The molecule has 0 aliphatic heterocycles. The number of aromatic carboxylic acids is 1. The van der Waals surface area contributed by atoms with Gasteiger partial charge >= 0.3 is 5.97 Å². The maximum atomic E-state index is 11.3. The molecule has 0 amide bonds. The molecule has 1 heterocycles. The Morgan fingerprint density at radius 2 is 1.95 bits per heavy atom. The Hall–Kier alpha value is -2.47. The third kappa shape index (κ3) is 2.71. The number of hydrogen-bond acceptors (Lipinski definition) is 4. The van der Waals surface area contributed by atoms with Crippen molar-refractivity contribution < 1.29 is 14.6 Å². The molecule has 0 atom stereocenters. The Morgan fingerprint density at radius 1 is 1.14 bits per heavy atom. The van der Waals surface area contributed by atoms with Gasteiger partial charge in [-0.05, 0) is 30.3 Å². The van der Waals surface area contributed by atoms with E-state index < -0.39 is 5.97 Å². The van der Waals surface area contributed by atoms with Gasteiger partial charge in [-0.2, -0.15) is 0 Å². The van der Waals surface area contributed by atoms with Gasteiger partial charge < -0.3 is 9.84 Å². The molecule has 21 heavy (non-hydrogen) atoms. The number of ether oxygens (including phenoxy) is 1. The van der Waals surface area contributed by atoms with Gasteiger partial charge in [0.15, 0.2) is 0 Å². The first-order valence-electron chi connectivity index (χ1n) is 6.05. The highest BCUT2D eigenvalue weighted by Crippen LogP contribution is 2.30. The van der Waals surface area contributed by atoms with Gasteiger partial charge in [-0.25, -0.2) is 14.8 Å². The molecule has 0 saturated heterocycles. The molecule has 104 valence electrons. The number of halogens is 1. The van der Waals surface area contributed by atoms with Crippen molar-refractivity contribution in [3.05, 3.63) is 58.8 Å². The Kier molecular flexibility index (Phi) is 3.53. The molecule has 2 aromatic carbocycles. The molecule has 3 rings (SSSR count). The van der Waals surface area contributed by atoms with E-state index in [0.717, 1.165) is 10.9 Å². The van der Waals surface area contributed by atoms with Crippen molar-refractivity contribution >= 4 is 32.8 Å². The molecular formula is C15H9BrN2O3. The molecule has 0 spiro atoms. The van der Waals surface area contributed by atoms with E-state index in [-0.39, 0.29) is 11.3 Å². The molecule has 0 fully saturated rings. The van der Waals surface area contributed by atoms with Crippen LogP contribution in [0.25, 0.3) is 10.9 Å². The van der Waals surface area contributed by atoms with Gasteiger partial charge in [0.1, 0.15) is 17.6 Å². The van der Waals surface area contributed by atoms with Crippen LogP contribution in [-0.4, -0.2) is 21.0 Å². The Bertz CT molecular complexity index is 831. The molecule has 0 saturated carbocycles. The minimum Gasteiger partial charge on any atom is -0.478 e. The van der Waals surface area contributed by atoms with Gasteiger partial charge in [-0.15, -0.1) is 0 Å². The van der Waals surface area contributed by atoms with E-state index in [9.17, 15) is 9.90 Å².